The molecule has 3 aromatic rings. The monoisotopic (exact) mass is 401 g/mol. The number of H-pyrrole nitrogens is 1. The van der Waals surface area contributed by atoms with Crippen LogP contribution in [0.25, 0.3) is 21.3 Å². The number of hydrogen-bond acceptors (Lipinski definition) is 6. The van der Waals surface area contributed by atoms with Gasteiger partial charge in [-0.15, -0.1) is 11.3 Å². The number of fused-ring (bicyclic) bond motifs is 1. The summed E-state index contributed by atoms with van der Waals surface area (Å²) in [5, 5.41) is 1.77. The van der Waals surface area contributed by atoms with Crippen LogP contribution < -0.4 is 10.5 Å². The summed E-state index contributed by atoms with van der Waals surface area (Å²) in [6.07, 6.45) is 1.29. The van der Waals surface area contributed by atoms with Crippen LogP contribution in [0.2, 0.25) is 0 Å². The Morgan fingerprint density at radius 3 is 2.79 bits per heavy atom. The van der Waals surface area contributed by atoms with Gasteiger partial charge in [-0.3, -0.25) is 14.6 Å². The molecule has 3 heterocycles. The zero-order chi connectivity index (χ0) is 19.7. The number of rotatable bonds is 4. The molecular formula is C20H20FN3O3S. The van der Waals surface area contributed by atoms with Crippen molar-refractivity contribution >= 4 is 33.5 Å². The van der Waals surface area contributed by atoms with Gasteiger partial charge in [-0.25, -0.2) is 9.37 Å². The maximum absolute atomic E-state index is 14.3. The number of aromatic nitrogens is 2. The highest BCUT2D eigenvalue weighted by Gasteiger charge is 2.27. The van der Waals surface area contributed by atoms with E-state index in [-0.39, 0.29) is 23.3 Å². The van der Waals surface area contributed by atoms with Crippen LogP contribution in [0.1, 0.15) is 19.8 Å². The topological polar surface area (TPSA) is 75.3 Å². The van der Waals surface area contributed by atoms with Crippen LogP contribution in [0.4, 0.5) is 10.3 Å². The Labute approximate surface area is 165 Å². The van der Waals surface area contributed by atoms with Crippen LogP contribution in [0.15, 0.2) is 34.4 Å². The maximum Gasteiger partial charge on any atom is 0.309 e. The first-order chi connectivity index (χ1) is 13.6. The second-order valence-corrected chi connectivity index (χ2v) is 7.59. The van der Waals surface area contributed by atoms with Crippen molar-refractivity contribution in [3.05, 3.63) is 45.8 Å². The summed E-state index contributed by atoms with van der Waals surface area (Å²) < 4.78 is 19.8. The van der Waals surface area contributed by atoms with Crippen molar-refractivity contribution in [2.45, 2.75) is 19.8 Å². The van der Waals surface area contributed by atoms with Gasteiger partial charge in [-0.2, -0.15) is 0 Å². The molecule has 4 rings (SSSR count). The van der Waals surface area contributed by atoms with Crippen molar-refractivity contribution in [1.82, 2.24) is 9.97 Å². The molecule has 28 heavy (non-hydrogen) atoms. The zero-order valence-corrected chi connectivity index (χ0v) is 16.2. The summed E-state index contributed by atoms with van der Waals surface area (Å²) in [6, 6.07) is 6.47. The quantitative estimate of drug-likeness (QED) is 0.677. The Morgan fingerprint density at radius 2 is 2.07 bits per heavy atom. The first-order valence-electron chi connectivity index (χ1n) is 9.26. The zero-order valence-electron chi connectivity index (χ0n) is 15.4. The number of esters is 1. The fraction of sp³-hybridized carbons (Fsp3) is 0.350. The lowest BCUT2D eigenvalue weighted by Gasteiger charge is -2.31. The third kappa shape index (κ3) is 3.40. The molecule has 0 atom stereocenters. The summed E-state index contributed by atoms with van der Waals surface area (Å²) in [5.41, 5.74) is 1.31. The summed E-state index contributed by atoms with van der Waals surface area (Å²) in [7, 11) is 0. The van der Waals surface area contributed by atoms with E-state index in [0.717, 1.165) is 0 Å². The smallest absolute Gasteiger partial charge is 0.309 e. The van der Waals surface area contributed by atoms with Crippen molar-refractivity contribution in [2.75, 3.05) is 24.6 Å². The van der Waals surface area contributed by atoms with E-state index in [4.69, 9.17) is 4.74 Å². The average molecular weight is 401 g/mol. The lowest BCUT2D eigenvalue weighted by atomic mass is 9.97. The Balaban J connectivity index is 1.65. The van der Waals surface area contributed by atoms with Crippen molar-refractivity contribution in [2.24, 2.45) is 5.92 Å². The Kier molecular flexibility index (Phi) is 5.13. The molecule has 1 aliphatic heterocycles. The molecule has 2 aromatic heterocycles. The van der Waals surface area contributed by atoms with Gasteiger partial charge >= 0.3 is 5.97 Å². The normalized spacial score (nSPS) is 15.1. The van der Waals surface area contributed by atoms with E-state index >= 15 is 0 Å². The lowest BCUT2D eigenvalue weighted by Crippen LogP contribution is -2.38. The van der Waals surface area contributed by atoms with Gasteiger partial charge in [0.15, 0.2) is 0 Å². The highest BCUT2D eigenvalue weighted by Crippen LogP contribution is 2.33. The molecule has 1 aromatic carbocycles. The standard InChI is InChI=1S/C20H20FN3O3S/c1-2-27-19(26)12-7-9-24(10-8-12)20-22-16-14(11-28-17(16)18(25)23-20)13-5-3-4-6-15(13)21/h3-6,11-12H,2,7-10H2,1H3,(H,22,23,25). The Bertz CT molecular complexity index is 1070. The molecule has 0 saturated carbocycles. The molecule has 0 unspecified atom stereocenters. The van der Waals surface area contributed by atoms with Gasteiger partial charge in [-0.1, -0.05) is 18.2 Å². The van der Waals surface area contributed by atoms with Crippen LogP contribution in [0.5, 0.6) is 0 Å². The number of carbonyl (C=O) groups excluding carboxylic acids is 1. The third-order valence-corrected chi connectivity index (χ3v) is 5.96. The van der Waals surface area contributed by atoms with Gasteiger partial charge < -0.3 is 9.64 Å². The number of nitrogens with zero attached hydrogens (tertiary/aromatic N) is 2. The SMILES string of the molecule is CCOC(=O)C1CCN(c2nc3c(-c4ccccc4F)csc3c(=O)[nH]2)CC1. The molecule has 1 saturated heterocycles. The minimum atomic E-state index is -0.346. The van der Waals surface area contributed by atoms with Gasteiger partial charge in [0, 0.05) is 29.6 Å². The number of nitrogens with one attached hydrogen (secondary N) is 1. The highest BCUT2D eigenvalue weighted by molar-refractivity contribution is 7.17. The van der Waals surface area contributed by atoms with E-state index in [0.29, 0.717) is 59.8 Å². The number of carbonyl (C=O) groups is 1. The van der Waals surface area contributed by atoms with Crippen LogP contribution in [-0.4, -0.2) is 35.6 Å². The molecule has 1 aliphatic rings. The van der Waals surface area contributed by atoms with Gasteiger partial charge in [0.25, 0.3) is 5.56 Å². The van der Waals surface area contributed by atoms with Gasteiger partial charge in [0.2, 0.25) is 5.95 Å². The molecule has 0 amide bonds. The molecule has 1 N–H and O–H groups in total. The second-order valence-electron chi connectivity index (χ2n) is 6.71. The summed E-state index contributed by atoms with van der Waals surface area (Å²) in [5.74, 6) is -0.183. The van der Waals surface area contributed by atoms with E-state index in [9.17, 15) is 14.0 Å². The number of piperidine rings is 1. The number of hydrogen-bond donors (Lipinski definition) is 1. The van der Waals surface area contributed by atoms with Crippen LogP contribution >= 0.6 is 11.3 Å². The average Bonchev–Trinajstić information content (AvgIpc) is 3.13. The lowest BCUT2D eigenvalue weighted by molar-refractivity contribution is -0.148. The number of ether oxygens (including phenoxy) is 1. The minimum absolute atomic E-state index is 0.123. The summed E-state index contributed by atoms with van der Waals surface area (Å²) in [6.45, 7) is 3.36. The Morgan fingerprint density at radius 1 is 1.32 bits per heavy atom. The third-order valence-electron chi connectivity index (χ3n) is 4.99. The van der Waals surface area contributed by atoms with E-state index < -0.39 is 0 Å². The number of benzene rings is 1. The first-order valence-corrected chi connectivity index (χ1v) is 10.1. The van der Waals surface area contributed by atoms with E-state index in [1.165, 1.54) is 17.4 Å². The van der Waals surface area contributed by atoms with E-state index in [1.54, 1.807) is 30.5 Å². The minimum Gasteiger partial charge on any atom is -0.466 e. The largest absolute Gasteiger partial charge is 0.466 e. The fourth-order valence-corrected chi connectivity index (χ4v) is 4.42. The first kappa shape index (κ1) is 18.6. The number of anilines is 1. The molecule has 0 aliphatic carbocycles. The van der Waals surface area contributed by atoms with E-state index in [1.807, 2.05) is 4.90 Å². The molecular weight excluding hydrogens is 381 g/mol. The van der Waals surface area contributed by atoms with Gasteiger partial charge in [0.1, 0.15) is 10.5 Å². The van der Waals surface area contributed by atoms with E-state index in [2.05, 4.69) is 9.97 Å². The highest BCUT2D eigenvalue weighted by atomic mass is 32.1. The fourth-order valence-electron chi connectivity index (χ4n) is 3.52. The second kappa shape index (κ2) is 7.71. The van der Waals surface area contributed by atoms with Crippen LogP contribution in [0.3, 0.4) is 0 Å². The van der Waals surface area contributed by atoms with Crippen molar-refractivity contribution < 1.29 is 13.9 Å². The maximum atomic E-state index is 14.3. The summed E-state index contributed by atoms with van der Waals surface area (Å²) >= 11 is 1.26. The number of thiophene rings is 1. The van der Waals surface area contributed by atoms with Crippen molar-refractivity contribution in [3.8, 4) is 11.1 Å². The number of aromatic amines is 1. The molecule has 6 nitrogen and oxygen atoms in total. The number of halogens is 1. The van der Waals surface area contributed by atoms with Gasteiger partial charge in [0.05, 0.1) is 18.0 Å². The van der Waals surface area contributed by atoms with Crippen LogP contribution in [0, 0.1) is 11.7 Å². The van der Waals surface area contributed by atoms with Crippen molar-refractivity contribution in [1.29, 1.82) is 0 Å². The molecule has 8 heteroatoms. The molecule has 1 fully saturated rings. The molecule has 0 radical (unpaired) electrons. The van der Waals surface area contributed by atoms with Gasteiger partial charge in [-0.05, 0) is 25.8 Å². The molecule has 146 valence electrons. The van der Waals surface area contributed by atoms with Crippen LogP contribution in [-0.2, 0) is 9.53 Å². The Hall–Kier alpha value is -2.74. The predicted octanol–water partition coefficient (Wildman–Crippen LogP) is 3.57. The predicted molar refractivity (Wildman–Crippen MR) is 107 cm³/mol. The molecule has 0 bridgehead atoms. The van der Waals surface area contributed by atoms with Crippen molar-refractivity contribution in [3.63, 3.8) is 0 Å². The summed E-state index contributed by atoms with van der Waals surface area (Å²) in [4.78, 5) is 33.9. The molecule has 0 spiro atoms.